The molecule has 0 saturated carbocycles. The molecule has 0 radical (unpaired) electrons. The average Bonchev–Trinajstić information content (AvgIpc) is 2.91. The fraction of sp³-hybridized carbons (Fsp3) is 0.893. The van der Waals surface area contributed by atoms with Crippen molar-refractivity contribution in [3.8, 4) is 0 Å². The van der Waals surface area contributed by atoms with Crippen molar-refractivity contribution in [2.75, 3.05) is 65.6 Å². The van der Waals surface area contributed by atoms with Gasteiger partial charge in [0.05, 0.1) is 39.8 Å². The van der Waals surface area contributed by atoms with Gasteiger partial charge < -0.3 is 62.6 Å². The van der Waals surface area contributed by atoms with Crippen LogP contribution in [0.5, 0.6) is 0 Å². The number of likely N-dealkylation sites (N-methyl/N-ethyl adjacent to an activating group) is 1. The second-order valence-electron chi connectivity index (χ2n) is 12.5. The molecule has 2 amide bonds. The third-order valence-electron chi connectivity index (χ3n) is 7.25. The number of carbonyl (C=O) groups is 3. The normalized spacial score (nSPS) is 24.0. The predicted molar refractivity (Wildman–Crippen MR) is 158 cm³/mol. The minimum atomic E-state index is -1.48. The first-order valence-electron chi connectivity index (χ1n) is 14.6. The SMILES string of the molecule is CCC(CC(CC(C)(C)C(=O)OCC[N+](C)(C)C)C(N)=O)C(=O)NCCSCCCO[C@H]1OC(CO)[C@@H](O)[C@H](O)C1O.[Cl-]. The summed E-state index contributed by atoms with van der Waals surface area (Å²) >= 11 is 1.59. The number of aliphatic hydroxyl groups excluding tert-OH is 4. The highest BCUT2D eigenvalue weighted by Crippen LogP contribution is 2.31. The number of esters is 1. The van der Waals surface area contributed by atoms with Gasteiger partial charge >= 0.3 is 5.97 Å². The number of rotatable bonds is 20. The molecule has 0 aliphatic carbocycles. The van der Waals surface area contributed by atoms with Crippen LogP contribution in [0.2, 0.25) is 0 Å². The number of hydrogen-bond donors (Lipinski definition) is 6. The number of primary amides is 1. The van der Waals surface area contributed by atoms with Gasteiger partial charge in [0.25, 0.3) is 0 Å². The number of nitrogens with zero attached hydrogens (tertiary/aromatic N) is 1. The quantitative estimate of drug-likeness (QED) is 0.0426. The predicted octanol–water partition coefficient (Wildman–Crippen LogP) is -3.77. The molecule has 15 heteroatoms. The Balaban J connectivity index is 0.0000176. The molecule has 0 bridgehead atoms. The molecular weight excluding hydrogens is 606 g/mol. The van der Waals surface area contributed by atoms with E-state index in [4.69, 9.17) is 19.9 Å². The minimum Gasteiger partial charge on any atom is -1.00 e. The summed E-state index contributed by atoms with van der Waals surface area (Å²) in [6.07, 6.45) is -4.93. The molecule has 1 saturated heterocycles. The molecule has 1 heterocycles. The minimum absolute atomic E-state index is 0. The summed E-state index contributed by atoms with van der Waals surface area (Å²) in [7, 11) is 6.01. The van der Waals surface area contributed by atoms with E-state index in [0.717, 1.165) is 0 Å². The third-order valence-corrected chi connectivity index (χ3v) is 8.32. The lowest BCUT2D eigenvalue weighted by atomic mass is 9.78. The van der Waals surface area contributed by atoms with Crippen LogP contribution in [0.25, 0.3) is 0 Å². The zero-order chi connectivity index (χ0) is 32.1. The Morgan fingerprint density at radius 2 is 1.70 bits per heavy atom. The van der Waals surface area contributed by atoms with E-state index in [0.29, 0.717) is 41.9 Å². The molecule has 13 nitrogen and oxygen atoms in total. The molecule has 0 aromatic carbocycles. The summed E-state index contributed by atoms with van der Waals surface area (Å²) in [6.45, 7) is 6.40. The molecule has 1 rings (SSSR count). The maximum absolute atomic E-state index is 12.8. The van der Waals surface area contributed by atoms with Crippen LogP contribution in [0.15, 0.2) is 0 Å². The number of thioether (sulfide) groups is 1. The van der Waals surface area contributed by atoms with Crippen LogP contribution in [0.4, 0.5) is 0 Å². The topological polar surface area (TPSA) is 198 Å². The van der Waals surface area contributed by atoms with Gasteiger partial charge in [0.15, 0.2) is 6.29 Å². The Hall–Kier alpha value is -1.23. The van der Waals surface area contributed by atoms with Crippen molar-refractivity contribution in [2.45, 2.75) is 77.2 Å². The summed E-state index contributed by atoms with van der Waals surface area (Å²) in [5.41, 5.74) is 4.74. The Kier molecular flexibility index (Phi) is 19.4. The molecule has 7 N–H and O–H groups in total. The van der Waals surface area contributed by atoms with Crippen molar-refractivity contribution >= 4 is 29.5 Å². The molecule has 1 aliphatic rings. The summed E-state index contributed by atoms with van der Waals surface area (Å²) in [5, 5.41) is 41.8. The van der Waals surface area contributed by atoms with Gasteiger partial charge in [0.2, 0.25) is 11.8 Å². The number of quaternary nitrogens is 1. The van der Waals surface area contributed by atoms with Crippen molar-refractivity contribution in [1.29, 1.82) is 0 Å². The Morgan fingerprint density at radius 1 is 1.05 bits per heavy atom. The van der Waals surface area contributed by atoms with E-state index in [1.54, 1.807) is 25.6 Å². The first kappa shape index (κ1) is 41.8. The van der Waals surface area contributed by atoms with Crippen molar-refractivity contribution in [3.05, 3.63) is 0 Å². The molecule has 7 atom stereocenters. The molecule has 4 unspecified atom stereocenters. The highest BCUT2D eigenvalue weighted by atomic mass is 35.5. The van der Waals surface area contributed by atoms with Gasteiger partial charge in [0.1, 0.15) is 37.6 Å². The monoisotopic (exact) mass is 659 g/mol. The number of amides is 2. The van der Waals surface area contributed by atoms with Gasteiger partial charge in [-0.05, 0) is 45.3 Å². The summed E-state index contributed by atoms with van der Waals surface area (Å²) in [5.74, 6) is -0.838. The lowest BCUT2D eigenvalue weighted by molar-refractivity contribution is -0.870. The smallest absolute Gasteiger partial charge is 0.311 e. The van der Waals surface area contributed by atoms with Gasteiger partial charge in [-0.15, -0.1) is 0 Å². The third kappa shape index (κ3) is 15.1. The zero-order valence-corrected chi connectivity index (χ0v) is 27.9. The molecule has 0 aromatic rings. The van der Waals surface area contributed by atoms with E-state index in [2.05, 4.69) is 5.32 Å². The Bertz CT molecular complexity index is 846. The van der Waals surface area contributed by atoms with E-state index in [1.807, 2.05) is 28.1 Å². The Morgan fingerprint density at radius 3 is 2.26 bits per heavy atom. The summed E-state index contributed by atoms with van der Waals surface area (Å²) in [4.78, 5) is 37.8. The fourth-order valence-corrected chi connectivity index (χ4v) is 5.24. The highest BCUT2D eigenvalue weighted by Gasteiger charge is 2.44. The van der Waals surface area contributed by atoms with Crippen LogP contribution >= 0.6 is 11.8 Å². The van der Waals surface area contributed by atoms with Gasteiger partial charge in [0, 0.05) is 24.1 Å². The molecule has 254 valence electrons. The first-order valence-corrected chi connectivity index (χ1v) is 15.7. The second-order valence-corrected chi connectivity index (χ2v) is 13.7. The summed E-state index contributed by atoms with van der Waals surface area (Å²) in [6, 6.07) is 0. The van der Waals surface area contributed by atoms with E-state index < -0.39 is 66.4 Å². The molecule has 1 fully saturated rings. The van der Waals surface area contributed by atoms with Crippen LogP contribution in [0.3, 0.4) is 0 Å². The fourth-order valence-electron chi connectivity index (χ4n) is 4.47. The van der Waals surface area contributed by atoms with Crippen molar-refractivity contribution in [1.82, 2.24) is 5.32 Å². The first-order chi connectivity index (χ1) is 19.5. The van der Waals surface area contributed by atoms with Crippen LogP contribution in [-0.2, 0) is 28.6 Å². The molecule has 0 aromatic heterocycles. The number of carbonyl (C=O) groups excluding carboxylic acids is 3. The number of ether oxygens (including phenoxy) is 3. The van der Waals surface area contributed by atoms with E-state index in [-0.39, 0.29) is 44.4 Å². The highest BCUT2D eigenvalue weighted by molar-refractivity contribution is 7.99. The molecular formula is C28H54ClN3O10S. The molecule has 1 aliphatic heterocycles. The lowest BCUT2D eigenvalue weighted by Gasteiger charge is -2.39. The second kappa shape index (κ2) is 20.0. The molecule has 0 spiro atoms. The maximum Gasteiger partial charge on any atom is 0.311 e. The lowest BCUT2D eigenvalue weighted by Crippen LogP contribution is -3.00. The van der Waals surface area contributed by atoms with E-state index >= 15 is 0 Å². The number of nitrogens with one attached hydrogen (secondary N) is 1. The number of aliphatic hydroxyl groups is 4. The van der Waals surface area contributed by atoms with Crippen LogP contribution < -0.4 is 23.5 Å². The van der Waals surface area contributed by atoms with Crippen molar-refractivity contribution in [3.63, 3.8) is 0 Å². The summed E-state index contributed by atoms with van der Waals surface area (Å²) < 4.78 is 16.9. The van der Waals surface area contributed by atoms with E-state index in [9.17, 15) is 34.8 Å². The Labute approximate surface area is 266 Å². The van der Waals surface area contributed by atoms with Crippen LogP contribution in [0.1, 0.15) is 46.5 Å². The van der Waals surface area contributed by atoms with Crippen LogP contribution in [0, 0.1) is 17.3 Å². The number of halogens is 1. The standard InChI is InChI=1S/C28H53N3O10S.ClH/c1-7-18(15-19(24(29)36)16-28(2,3)27(38)40-12-10-31(4,5)6)25(37)30-9-14-42-13-8-11-39-26-23(35)22(34)21(33)20(17-32)41-26;/h18-23,26,32-35H,7-17H2,1-6H3,(H2-,29,30,36,37);1H/t18?,19?,20?,21-,22+,23?,26+;/m1./s1. The van der Waals surface area contributed by atoms with Crippen molar-refractivity contribution in [2.24, 2.45) is 23.0 Å². The van der Waals surface area contributed by atoms with Gasteiger partial charge in [-0.25, -0.2) is 0 Å². The van der Waals surface area contributed by atoms with Crippen molar-refractivity contribution < 1.29 is 65.9 Å². The van der Waals surface area contributed by atoms with Crippen LogP contribution in [-0.4, -0.2) is 139 Å². The van der Waals surface area contributed by atoms with Gasteiger partial charge in [-0.3, -0.25) is 14.4 Å². The largest absolute Gasteiger partial charge is 1.00 e. The molecule has 43 heavy (non-hydrogen) atoms. The number of nitrogens with two attached hydrogens (primary N) is 1. The van der Waals surface area contributed by atoms with Gasteiger partial charge in [-0.1, -0.05) is 6.92 Å². The zero-order valence-electron chi connectivity index (χ0n) is 26.4. The maximum atomic E-state index is 12.8. The van der Waals surface area contributed by atoms with E-state index in [1.165, 1.54) is 0 Å². The average molecular weight is 660 g/mol. The van der Waals surface area contributed by atoms with Gasteiger partial charge in [-0.2, -0.15) is 11.8 Å². The number of hydrogen-bond acceptors (Lipinski definition) is 11.